The third kappa shape index (κ3) is 3.31. The third-order valence-electron chi connectivity index (χ3n) is 3.48. The average Bonchev–Trinajstić information content (AvgIpc) is 2.45. The molecule has 1 atom stereocenters. The molecule has 0 bridgehead atoms. The minimum atomic E-state index is -0.769. The minimum absolute atomic E-state index is 0.350. The van der Waals surface area contributed by atoms with E-state index in [9.17, 15) is 5.11 Å². The van der Waals surface area contributed by atoms with Gasteiger partial charge in [-0.25, -0.2) is 0 Å². The summed E-state index contributed by atoms with van der Waals surface area (Å²) in [5.41, 5.74) is 3.27. The van der Waals surface area contributed by atoms with Gasteiger partial charge in [0, 0.05) is 35.0 Å². The van der Waals surface area contributed by atoms with Crippen molar-refractivity contribution in [3.05, 3.63) is 56.8 Å². The molecule has 0 aliphatic heterocycles. The molecule has 0 spiro atoms. The molecule has 1 aromatic carbocycles. The van der Waals surface area contributed by atoms with Gasteiger partial charge in [0.05, 0.1) is 23.3 Å². The molecule has 1 aromatic heterocycles. The van der Waals surface area contributed by atoms with Gasteiger partial charge in [-0.1, -0.05) is 35.3 Å². The Kier molecular flexibility index (Phi) is 5.09. The second-order valence-electron chi connectivity index (χ2n) is 4.91. The highest BCUT2D eigenvalue weighted by Crippen LogP contribution is 2.33. The molecule has 0 saturated heterocycles. The Labute approximate surface area is 134 Å². The van der Waals surface area contributed by atoms with Gasteiger partial charge in [0.25, 0.3) is 0 Å². The number of hydrogen-bond acceptors (Lipinski definition) is 3. The van der Waals surface area contributed by atoms with Crippen LogP contribution >= 0.6 is 23.2 Å². The maximum atomic E-state index is 10.4. The van der Waals surface area contributed by atoms with Gasteiger partial charge < -0.3 is 9.84 Å². The lowest BCUT2D eigenvalue weighted by Crippen LogP contribution is -2.07. The number of aryl methyl sites for hydroxylation is 1. The van der Waals surface area contributed by atoms with Gasteiger partial charge in [-0.2, -0.15) is 0 Å². The Hall–Kier alpha value is -1.29. The quantitative estimate of drug-likeness (QED) is 0.911. The summed E-state index contributed by atoms with van der Waals surface area (Å²) in [5, 5.41) is 11.2. The average molecular weight is 326 g/mol. The number of aliphatic hydroxyl groups excluding tert-OH is 1. The van der Waals surface area contributed by atoms with Crippen molar-refractivity contribution in [2.75, 3.05) is 7.11 Å². The number of pyridine rings is 1. The molecule has 2 rings (SSSR count). The lowest BCUT2D eigenvalue weighted by molar-refractivity contribution is 0.177. The van der Waals surface area contributed by atoms with Crippen LogP contribution < -0.4 is 4.74 Å². The molecule has 21 heavy (non-hydrogen) atoms. The molecule has 0 amide bonds. The first-order chi connectivity index (χ1) is 9.95. The summed E-state index contributed by atoms with van der Waals surface area (Å²) in [6, 6.07) is 5.22. The molecule has 0 aliphatic rings. The smallest absolute Gasteiger partial charge is 0.128 e. The minimum Gasteiger partial charge on any atom is -0.496 e. The van der Waals surface area contributed by atoms with Gasteiger partial charge >= 0.3 is 0 Å². The van der Waals surface area contributed by atoms with Gasteiger partial charge in [0.2, 0.25) is 0 Å². The second kappa shape index (κ2) is 6.65. The van der Waals surface area contributed by atoms with Crippen LogP contribution in [-0.4, -0.2) is 17.2 Å². The highest BCUT2D eigenvalue weighted by Gasteiger charge is 2.18. The molecule has 1 N–H and O–H groups in total. The first-order valence-electron chi connectivity index (χ1n) is 6.56. The molecule has 1 heterocycles. The molecule has 0 saturated carbocycles. The summed E-state index contributed by atoms with van der Waals surface area (Å²) in [5.74, 6) is 0.796. The number of ether oxygens (including phenoxy) is 1. The van der Waals surface area contributed by atoms with E-state index in [0.717, 1.165) is 22.6 Å². The molecule has 0 aliphatic carbocycles. The maximum Gasteiger partial charge on any atom is 0.128 e. The van der Waals surface area contributed by atoms with E-state index in [1.807, 2.05) is 13.8 Å². The maximum absolute atomic E-state index is 10.4. The lowest BCUT2D eigenvalue weighted by atomic mass is 10.0. The summed E-state index contributed by atoms with van der Waals surface area (Å²) in [6.07, 6.45) is 1.32. The molecule has 2 aromatic rings. The Bertz CT molecular complexity index is 659. The second-order valence-corrected chi connectivity index (χ2v) is 5.69. The van der Waals surface area contributed by atoms with Crippen molar-refractivity contribution >= 4 is 23.2 Å². The predicted molar refractivity (Wildman–Crippen MR) is 85.4 cm³/mol. The number of hydrogen-bond donors (Lipinski definition) is 1. The summed E-state index contributed by atoms with van der Waals surface area (Å²) in [4.78, 5) is 4.39. The van der Waals surface area contributed by atoms with E-state index in [1.165, 1.54) is 0 Å². The third-order valence-corrected chi connectivity index (χ3v) is 4.31. The first-order valence-corrected chi connectivity index (χ1v) is 7.32. The van der Waals surface area contributed by atoms with Crippen molar-refractivity contribution in [2.45, 2.75) is 26.4 Å². The van der Waals surface area contributed by atoms with Crippen LogP contribution in [0.1, 0.15) is 28.5 Å². The normalized spacial score (nSPS) is 12.3. The van der Waals surface area contributed by atoms with Gasteiger partial charge in [0.15, 0.2) is 0 Å². The molecule has 0 radical (unpaired) electrons. The zero-order valence-corrected chi connectivity index (χ0v) is 13.7. The zero-order chi connectivity index (χ0) is 15.6. The van der Waals surface area contributed by atoms with E-state index in [1.54, 1.807) is 31.5 Å². The van der Waals surface area contributed by atoms with Crippen molar-refractivity contribution in [1.29, 1.82) is 0 Å². The molecule has 112 valence electrons. The number of rotatable bonds is 4. The van der Waals surface area contributed by atoms with Crippen LogP contribution in [0.3, 0.4) is 0 Å². The Morgan fingerprint density at radius 3 is 2.67 bits per heavy atom. The SMILES string of the molecule is COc1c(C)cnc(CC(O)c2cccc(Cl)c2Cl)c1C. The molecule has 0 fully saturated rings. The van der Waals surface area contributed by atoms with E-state index in [2.05, 4.69) is 4.98 Å². The standard InChI is InChI=1S/C16H17Cl2NO2/c1-9-8-19-13(10(2)16(9)21-3)7-14(20)11-5-4-6-12(17)15(11)18/h4-6,8,14,20H,7H2,1-3H3. The number of methoxy groups -OCH3 is 1. The molecular formula is C16H17Cl2NO2. The van der Waals surface area contributed by atoms with Crippen LogP contribution in [0.2, 0.25) is 10.0 Å². The summed E-state index contributed by atoms with van der Waals surface area (Å²) >= 11 is 12.1. The zero-order valence-electron chi connectivity index (χ0n) is 12.2. The van der Waals surface area contributed by atoms with E-state index >= 15 is 0 Å². The van der Waals surface area contributed by atoms with Crippen LogP contribution in [0.25, 0.3) is 0 Å². The summed E-state index contributed by atoms with van der Waals surface area (Å²) in [6.45, 7) is 3.87. The Morgan fingerprint density at radius 2 is 2.00 bits per heavy atom. The Morgan fingerprint density at radius 1 is 1.29 bits per heavy atom. The monoisotopic (exact) mass is 325 g/mol. The number of benzene rings is 1. The summed E-state index contributed by atoms with van der Waals surface area (Å²) < 4.78 is 5.38. The largest absolute Gasteiger partial charge is 0.496 e. The molecule has 3 nitrogen and oxygen atoms in total. The van der Waals surface area contributed by atoms with Crippen LogP contribution in [0.15, 0.2) is 24.4 Å². The summed E-state index contributed by atoms with van der Waals surface area (Å²) in [7, 11) is 1.63. The fraction of sp³-hybridized carbons (Fsp3) is 0.312. The van der Waals surface area contributed by atoms with Crippen molar-refractivity contribution in [2.24, 2.45) is 0 Å². The Balaban J connectivity index is 2.32. The van der Waals surface area contributed by atoms with Crippen molar-refractivity contribution in [3.63, 3.8) is 0 Å². The van der Waals surface area contributed by atoms with Gasteiger partial charge in [-0.15, -0.1) is 0 Å². The van der Waals surface area contributed by atoms with E-state index < -0.39 is 6.10 Å². The van der Waals surface area contributed by atoms with E-state index in [4.69, 9.17) is 27.9 Å². The lowest BCUT2D eigenvalue weighted by Gasteiger charge is -2.16. The van der Waals surface area contributed by atoms with Crippen molar-refractivity contribution in [3.8, 4) is 5.75 Å². The fourth-order valence-corrected chi connectivity index (χ4v) is 2.78. The van der Waals surface area contributed by atoms with Crippen LogP contribution in [-0.2, 0) is 6.42 Å². The number of nitrogens with zero attached hydrogens (tertiary/aromatic N) is 1. The highest BCUT2D eigenvalue weighted by molar-refractivity contribution is 6.42. The van der Waals surface area contributed by atoms with Crippen molar-refractivity contribution in [1.82, 2.24) is 4.98 Å². The fourth-order valence-electron chi connectivity index (χ4n) is 2.35. The van der Waals surface area contributed by atoms with Crippen LogP contribution in [0, 0.1) is 13.8 Å². The molecule has 5 heteroatoms. The van der Waals surface area contributed by atoms with Gasteiger partial charge in [0.1, 0.15) is 5.75 Å². The van der Waals surface area contributed by atoms with Crippen LogP contribution in [0.4, 0.5) is 0 Å². The first kappa shape index (κ1) is 16.1. The van der Waals surface area contributed by atoms with Crippen molar-refractivity contribution < 1.29 is 9.84 Å². The van der Waals surface area contributed by atoms with Crippen LogP contribution in [0.5, 0.6) is 5.75 Å². The molecule has 1 unspecified atom stereocenters. The van der Waals surface area contributed by atoms with Gasteiger partial charge in [-0.3, -0.25) is 4.98 Å². The van der Waals surface area contributed by atoms with Gasteiger partial charge in [-0.05, 0) is 19.9 Å². The number of aromatic nitrogens is 1. The predicted octanol–water partition coefficient (Wildman–Crippen LogP) is 4.29. The van der Waals surface area contributed by atoms with E-state index in [0.29, 0.717) is 22.0 Å². The van der Waals surface area contributed by atoms with E-state index in [-0.39, 0.29) is 0 Å². The number of halogens is 2. The highest BCUT2D eigenvalue weighted by atomic mass is 35.5. The molecular weight excluding hydrogens is 309 g/mol. The number of aliphatic hydroxyl groups is 1. The topological polar surface area (TPSA) is 42.4 Å².